The van der Waals surface area contributed by atoms with Crippen LogP contribution < -0.4 is 14.8 Å². The number of aromatic amines is 1. The molecule has 2 aromatic heterocycles. The molecule has 10 rings (SSSR count). The van der Waals surface area contributed by atoms with Crippen molar-refractivity contribution >= 4 is 33.5 Å². The van der Waals surface area contributed by atoms with Crippen LogP contribution in [-0.2, 0) is 23.6 Å². The highest BCUT2D eigenvalue weighted by molar-refractivity contribution is 6.07. The molecule has 3 fully saturated rings. The molecule has 11 nitrogen and oxygen atoms in total. The molecule has 1 amide bonds. The molecule has 2 N–H and O–H groups in total. The van der Waals surface area contributed by atoms with Gasteiger partial charge in [0.05, 0.1) is 58.6 Å². The molecule has 55 heavy (non-hydrogen) atoms. The van der Waals surface area contributed by atoms with Crippen LogP contribution in [0.4, 0.5) is 10.1 Å². The van der Waals surface area contributed by atoms with Gasteiger partial charge in [-0.05, 0) is 112 Å². The fourth-order valence-electron chi connectivity index (χ4n) is 8.40. The molecule has 278 valence electrons. The lowest BCUT2D eigenvalue weighted by Crippen LogP contribution is -2.35. The van der Waals surface area contributed by atoms with Crippen molar-refractivity contribution in [3.05, 3.63) is 112 Å². The quantitative estimate of drug-likeness (QED) is 0.153. The number of anilines is 1. The van der Waals surface area contributed by atoms with Crippen molar-refractivity contribution in [2.45, 2.75) is 75.8 Å². The Morgan fingerprint density at radius 1 is 1.02 bits per heavy atom. The van der Waals surface area contributed by atoms with E-state index >= 15 is 4.39 Å². The van der Waals surface area contributed by atoms with Crippen LogP contribution in [0.15, 0.2) is 72.8 Å². The number of rotatable bonds is 9. The first-order chi connectivity index (χ1) is 26.8. The number of aromatic nitrogens is 4. The molecule has 0 spiro atoms. The molecule has 2 saturated heterocycles. The molecule has 3 aliphatic heterocycles. The van der Waals surface area contributed by atoms with Gasteiger partial charge < -0.3 is 24.1 Å². The Morgan fingerprint density at radius 3 is 2.64 bits per heavy atom. The Bertz CT molecular complexity index is 2520. The molecule has 1 saturated carbocycles. The number of halogens is 1. The van der Waals surface area contributed by atoms with Crippen molar-refractivity contribution in [1.29, 1.82) is 5.26 Å². The molecule has 0 radical (unpaired) electrons. The first kappa shape index (κ1) is 33.8. The molecule has 6 aromatic rings. The number of benzene rings is 4. The lowest BCUT2D eigenvalue weighted by atomic mass is 9.88. The zero-order valence-corrected chi connectivity index (χ0v) is 30.5. The van der Waals surface area contributed by atoms with Crippen LogP contribution in [0.1, 0.15) is 89.4 Å². The SMILES string of the molecule is CC1(c2ccc(C#N)cc2F)Oc2cccc(C3CCN(Cc4nc5cc(NC(=O)c6ccc7[nH]nc(C8CC8)c7c6)ccc5n4C[C@@H]4CCO4)CC3)c2O1. The van der Waals surface area contributed by atoms with Crippen molar-refractivity contribution in [2.75, 3.05) is 25.0 Å². The lowest BCUT2D eigenvalue weighted by molar-refractivity contribution is -0.0712. The van der Waals surface area contributed by atoms with E-state index in [9.17, 15) is 10.1 Å². The number of ether oxygens (including phenoxy) is 3. The predicted molar refractivity (Wildman–Crippen MR) is 204 cm³/mol. The smallest absolute Gasteiger partial charge is 0.278 e. The van der Waals surface area contributed by atoms with Gasteiger partial charge >= 0.3 is 0 Å². The second-order valence-corrected chi connectivity index (χ2v) is 15.4. The Balaban J connectivity index is 0.845. The maximum atomic E-state index is 15.1. The van der Waals surface area contributed by atoms with Crippen LogP contribution in [0.3, 0.4) is 0 Å². The number of hydrogen-bond acceptors (Lipinski definition) is 8. The van der Waals surface area contributed by atoms with E-state index in [1.54, 1.807) is 19.1 Å². The summed E-state index contributed by atoms with van der Waals surface area (Å²) in [5.74, 6) is 0.910. The summed E-state index contributed by atoms with van der Waals surface area (Å²) in [7, 11) is 0. The fourth-order valence-corrected chi connectivity index (χ4v) is 8.40. The van der Waals surface area contributed by atoms with E-state index in [0.717, 1.165) is 97.4 Å². The molecule has 1 aliphatic carbocycles. The van der Waals surface area contributed by atoms with E-state index in [1.165, 1.54) is 6.07 Å². The van der Waals surface area contributed by atoms with Crippen LogP contribution >= 0.6 is 0 Å². The van der Waals surface area contributed by atoms with Gasteiger partial charge in [-0.15, -0.1) is 0 Å². The number of para-hydroxylation sites is 1. The van der Waals surface area contributed by atoms with Gasteiger partial charge in [-0.3, -0.25) is 14.8 Å². The highest BCUT2D eigenvalue weighted by Crippen LogP contribution is 2.50. The number of imidazole rings is 1. The van der Waals surface area contributed by atoms with Gasteiger partial charge in [0.25, 0.3) is 11.7 Å². The van der Waals surface area contributed by atoms with Crippen LogP contribution in [0.5, 0.6) is 11.5 Å². The second-order valence-electron chi connectivity index (χ2n) is 15.4. The third-order valence-corrected chi connectivity index (χ3v) is 11.7. The third kappa shape index (κ3) is 6.17. The largest absolute Gasteiger partial charge is 0.444 e. The highest BCUT2D eigenvalue weighted by Gasteiger charge is 2.43. The third-order valence-electron chi connectivity index (χ3n) is 11.7. The van der Waals surface area contributed by atoms with E-state index in [0.29, 0.717) is 35.2 Å². The van der Waals surface area contributed by atoms with Gasteiger partial charge in [0.15, 0.2) is 11.5 Å². The zero-order chi connectivity index (χ0) is 37.3. The number of nitriles is 1. The number of hydrogen-bond donors (Lipinski definition) is 2. The van der Waals surface area contributed by atoms with Gasteiger partial charge in [0, 0.05) is 41.6 Å². The molecule has 5 heterocycles. The number of nitrogens with zero attached hydrogens (tertiary/aromatic N) is 5. The average Bonchev–Trinajstić information content (AvgIpc) is 3.69. The summed E-state index contributed by atoms with van der Waals surface area (Å²) in [5.41, 5.74) is 6.71. The molecular formula is C43H40FN7O4. The van der Waals surface area contributed by atoms with Gasteiger partial charge in [-0.1, -0.05) is 12.1 Å². The summed E-state index contributed by atoms with van der Waals surface area (Å²) < 4.78 is 35.9. The van der Waals surface area contributed by atoms with Gasteiger partial charge in [0.2, 0.25) is 0 Å². The van der Waals surface area contributed by atoms with E-state index < -0.39 is 11.6 Å². The summed E-state index contributed by atoms with van der Waals surface area (Å²) in [4.78, 5) is 21.0. The summed E-state index contributed by atoms with van der Waals surface area (Å²) >= 11 is 0. The van der Waals surface area contributed by atoms with E-state index in [-0.39, 0.29) is 29.1 Å². The Kier molecular flexibility index (Phi) is 8.11. The highest BCUT2D eigenvalue weighted by atomic mass is 19.1. The number of carbonyl (C=O) groups excluding carboxylic acids is 1. The summed E-state index contributed by atoms with van der Waals surface area (Å²) in [6.45, 7) is 5.64. The van der Waals surface area contributed by atoms with Crippen LogP contribution in [0.2, 0.25) is 0 Å². The normalized spacial score (nSPS) is 21.1. The minimum Gasteiger partial charge on any atom is -0.444 e. The van der Waals surface area contributed by atoms with Crippen LogP contribution in [0.25, 0.3) is 21.9 Å². The number of likely N-dealkylation sites (tertiary alicyclic amines) is 1. The van der Waals surface area contributed by atoms with Gasteiger partial charge in [-0.25, -0.2) is 9.37 Å². The molecular weight excluding hydrogens is 698 g/mol. The molecule has 4 aliphatic rings. The standard InChI is InChI=1S/C43H40FN7O4/c1-43(33-10-5-25(22-45)19-34(33)44)54-38-4-2-3-31(41(38)55-43)26-13-16-50(17-14-26)24-39-47-36-21-29(9-12-37(36)51(39)23-30-15-18-53-30)46-42(52)28-8-11-35-32(20-28)40(49-48-35)27-6-7-27/h2-5,8-12,19-21,26-27,30H,6-7,13-18,23-24H2,1H3,(H,46,52)(H,48,49)/t30-,43?/m0/s1. The Morgan fingerprint density at radius 2 is 1.87 bits per heavy atom. The van der Waals surface area contributed by atoms with Crippen molar-refractivity contribution < 1.29 is 23.4 Å². The second kappa shape index (κ2) is 13.2. The van der Waals surface area contributed by atoms with Gasteiger partial charge in [0.1, 0.15) is 11.6 Å². The number of piperidine rings is 1. The molecule has 1 unspecified atom stereocenters. The minimum atomic E-state index is -1.34. The van der Waals surface area contributed by atoms with E-state index in [4.69, 9.17) is 19.2 Å². The summed E-state index contributed by atoms with van der Waals surface area (Å²) in [6, 6.07) is 23.9. The van der Waals surface area contributed by atoms with Crippen molar-refractivity contribution in [1.82, 2.24) is 24.6 Å². The lowest BCUT2D eigenvalue weighted by Gasteiger charge is -2.33. The predicted octanol–water partition coefficient (Wildman–Crippen LogP) is 7.87. The van der Waals surface area contributed by atoms with Crippen molar-refractivity contribution in [3.8, 4) is 17.6 Å². The molecule has 0 bridgehead atoms. The van der Waals surface area contributed by atoms with Gasteiger partial charge in [-0.2, -0.15) is 10.4 Å². The maximum Gasteiger partial charge on any atom is 0.278 e. The number of carbonyl (C=O) groups is 1. The number of amides is 1. The number of fused-ring (bicyclic) bond motifs is 3. The molecule has 2 atom stereocenters. The van der Waals surface area contributed by atoms with Crippen molar-refractivity contribution in [3.63, 3.8) is 0 Å². The zero-order valence-electron chi connectivity index (χ0n) is 30.5. The Hall–Kier alpha value is -5.77. The number of H-pyrrole nitrogens is 1. The van der Waals surface area contributed by atoms with Crippen LogP contribution in [0, 0.1) is 17.1 Å². The van der Waals surface area contributed by atoms with E-state index in [2.05, 4.69) is 31.0 Å². The molecule has 4 aromatic carbocycles. The maximum absolute atomic E-state index is 15.1. The minimum absolute atomic E-state index is 0.158. The average molecular weight is 738 g/mol. The summed E-state index contributed by atoms with van der Waals surface area (Å²) in [6.07, 6.45) is 5.29. The first-order valence-corrected chi connectivity index (χ1v) is 19.2. The van der Waals surface area contributed by atoms with Crippen molar-refractivity contribution in [2.24, 2.45) is 0 Å². The van der Waals surface area contributed by atoms with Crippen LogP contribution in [-0.4, -0.2) is 56.4 Å². The molecule has 12 heteroatoms. The number of nitrogens with one attached hydrogen (secondary N) is 2. The first-order valence-electron chi connectivity index (χ1n) is 19.2. The Labute approximate surface area is 317 Å². The topological polar surface area (TPSA) is 130 Å². The fraction of sp³-hybridized carbons (Fsp3) is 0.349. The monoisotopic (exact) mass is 737 g/mol. The van der Waals surface area contributed by atoms with E-state index in [1.807, 2.05) is 54.6 Å². The summed E-state index contributed by atoms with van der Waals surface area (Å²) in [5, 5.41) is 20.9.